The van der Waals surface area contributed by atoms with Gasteiger partial charge in [-0.1, -0.05) is 0 Å². The summed E-state index contributed by atoms with van der Waals surface area (Å²) in [7, 11) is 8.32. The van der Waals surface area contributed by atoms with Crippen molar-refractivity contribution in [3.05, 3.63) is 84.0 Å². The SMILES string of the molecule is CC[N+]1(CC)C=C[N+](=C(c2ccc(N(C)C)cc2)c2ccc(N(C)C)cc2C)C=C1. The fraction of sp³-hybridized carbons (Fsp3) is 0.346. The van der Waals surface area contributed by atoms with Gasteiger partial charge in [-0.2, -0.15) is 4.58 Å². The molecule has 1 heterocycles. The summed E-state index contributed by atoms with van der Waals surface area (Å²) in [5.41, 5.74) is 7.36. The molecule has 0 aliphatic carbocycles. The molecule has 158 valence electrons. The van der Waals surface area contributed by atoms with Gasteiger partial charge >= 0.3 is 0 Å². The molecule has 0 atom stereocenters. The van der Waals surface area contributed by atoms with Crippen LogP contribution in [-0.4, -0.2) is 56.1 Å². The number of hydrogen-bond donors (Lipinski definition) is 0. The fourth-order valence-electron chi connectivity index (χ4n) is 3.86. The highest BCUT2D eigenvalue weighted by atomic mass is 15.3. The Hall–Kier alpha value is -2.85. The van der Waals surface area contributed by atoms with Gasteiger partial charge in [-0.25, -0.2) is 0 Å². The summed E-state index contributed by atoms with van der Waals surface area (Å²) in [6, 6.07) is 15.5. The van der Waals surface area contributed by atoms with E-state index in [0.717, 1.165) is 17.6 Å². The average Bonchev–Trinajstić information content (AvgIpc) is 2.76. The van der Waals surface area contributed by atoms with Gasteiger partial charge in [0.05, 0.1) is 18.7 Å². The summed E-state index contributed by atoms with van der Waals surface area (Å²) < 4.78 is 3.14. The number of hydrogen-bond acceptors (Lipinski definition) is 2. The third kappa shape index (κ3) is 4.34. The van der Waals surface area contributed by atoms with Crippen LogP contribution >= 0.6 is 0 Å². The van der Waals surface area contributed by atoms with Crippen LogP contribution in [0.2, 0.25) is 0 Å². The van der Waals surface area contributed by atoms with Crippen molar-refractivity contribution in [2.75, 3.05) is 51.1 Å². The van der Waals surface area contributed by atoms with Gasteiger partial charge in [0.25, 0.3) is 0 Å². The molecule has 0 saturated heterocycles. The molecular weight excluding hydrogens is 368 g/mol. The number of rotatable bonds is 6. The van der Waals surface area contributed by atoms with Gasteiger partial charge in [0, 0.05) is 45.1 Å². The second-order valence-corrected chi connectivity index (χ2v) is 8.42. The van der Waals surface area contributed by atoms with Crippen LogP contribution in [0.3, 0.4) is 0 Å². The molecule has 0 aromatic heterocycles. The fourth-order valence-corrected chi connectivity index (χ4v) is 3.86. The first-order chi connectivity index (χ1) is 14.3. The van der Waals surface area contributed by atoms with Crippen molar-refractivity contribution in [3.63, 3.8) is 0 Å². The Morgan fingerprint density at radius 2 is 1.33 bits per heavy atom. The number of nitrogens with zero attached hydrogens (tertiary/aromatic N) is 4. The van der Waals surface area contributed by atoms with Gasteiger partial charge in [0.15, 0.2) is 12.4 Å². The lowest BCUT2D eigenvalue weighted by Crippen LogP contribution is -2.39. The zero-order valence-corrected chi connectivity index (χ0v) is 19.6. The Labute approximate surface area is 182 Å². The van der Waals surface area contributed by atoms with E-state index in [-0.39, 0.29) is 0 Å². The molecule has 0 bridgehead atoms. The van der Waals surface area contributed by atoms with E-state index >= 15 is 0 Å². The molecule has 2 aromatic rings. The van der Waals surface area contributed by atoms with Crippen molar-refractivity contribution < 1.29 is 9.06 Å². The van der Waals surface area contributed by atoms with E-state index in [9.17, 15) is 0 Å². The topological polar surface area (TPSA) is 9.49 Å². The highest BCUT2D eigenvalue weighted by Crippen LogP contribution is 2.24. The minimum Gasteiger partial charge on any atom is -0.378 e. The lowest BCUT2D eigenvalue weighted by atomic mass is 9.96. The number of anilines is 2. The molecule has 2 aromatic carbocycles. The molecule has 1 aliphatic heterocycles. The molecule has 1 aliphatic rings. The Kier molecular flexibility index (Phi) is 6.47. The first-order valence-corrected chi connectivity index (χ1v) is 10.8. The average molecular weight is 405 g/mol. The third-order valence-corrected chi connectivity index (χ3v) is 6.12. The second kappa shape index (κ2) is 8.88. The smallest absolute Gasteiger partial charge is 0.228 e. The van der Waals surface area contributed by atoms with Crippen LogP contribution in [0.15, 0.2) is 67.3 Å². The number of quaternary nitrogens is 1. The molecule has 4 nitrogen and oxygen atoms in total. The van der Waals surface area contributed by atoms with Gasteiger partial charge in [-0.15, -0.1) is 0 Å². The summed E-state index contributed by atoms with van der Waals surface area (Å²) in [6.45, 7) is 8.79. The molecule has 0 amide bonds. The predicted octanol–water partition coefficient (Wildman–Crippen LogP) is 4.79. The standard InChI is InChI=1S/C26H36N4/c1-8-30(9-2)18-16-29(17-19-30)26(22-10-12-23(13-11-22)27(4)5)25-15-14-24(28(6)7)20-21(25)3/h10-20H,8-9H2,1-7H3/q+2. The van der Waals surface area contributed by atoms with Crippen molar-refractivity contribution in [2.45, 2.75) is 20.8 Å². The van der Waals surface area contributed by atoms with Crippen LogP contribution in [0.25, 0.3) is 0 Å². The maximum absolute atomic E-state index is 2.30. The van der Waals surface area contributed by atoms with E-state index < -0.39 is 0 Å². The van der Waals surface area contributed by atoms with Crippen LogP contribution < -0.4 is 9.80 Å². The maximum atomic E-state index is 2.30. The van der Waals surface area contributed by atoms with E-state index in [1.165, 1.54) is 33.8 Å². The molecule has 0 N–H and O–H groups in total. The summed E-state index contributed by atoms with van der Waals surface area (Å²) in [5, 5.41) is 0. The summed E-state index contributed by atoms with van der Waals surface area (Å²) >= 11 is 0. The lowest BCUT2D eigenvalue weighted by Gasteiger charge is -2.27. The molecule has 3 rings (SSSR count). The largest absolute Gasteiger partial charge is 0.378 e. The van der Waals surface area contributed by atoms with Gasteiger partial charge in [-0.05, 0) is 68.8 Å². The van der Waals surface area contributed by atoms with Crippen molar-refractivity contribution >= 4 is 17.1 Å². The number of aryl methyl sites for hydroxylation is 1. The predicted molar refractivity (Wildman–Crippen MR) is 129 cm³/mol. The van der Waals surface area contributed by atoms with Gasteiger partial charge in [0.2, 0.25) is 18.1 Å². The van der Waals surface area contributed by atoms with Crippen LogP contribution in [-0.2, 0) is 0 Å². The van der Waals surface area contributed by atoms with E-state index in [0.29, 0.717) is 0 Å². The Bertz CT molecular complexity index is 957. The zero-order chi connectivity index (χ0) is 21.9. The van der Waals surface area contributed by atoms with E-state index in [1.54, 1.807) is 0 Å². The van der Waals surface area contributed by atoms with Gasteiger partial charge in [-0.3, -0.25) is 4.48 Å². The molecule has 4 heteroatoms. The maximum Gasteiger partial charge on any atom is 0.228 e. The van der Waals surface area contributed by atoms with E-state index in [2.05, 4.69) is 131 Å². The summed E-state index contributed by atoms with van der Waals surface area (Å²) in [4.78, 5) is 4.28. The van der Waals surface area contributed by atoms with Crippen LogP contribution in [0.5, 0.6) is 0 Å². The molecule has 0 unspecified atom stereocenters. The van der Waals surface area contributed by atoms with Crippen molar-refractivity contribution in [2.24, 2.45) is 0 Å². The highest BCUT2D eigenvalue weighted by molar-refractivity contribution is 6.11. The summed E-state index contributed by atoms with van der Waals surface area (Å²) in [5.74, 6) is 0. The zero-order valence-electron chi connectivity index (χ0n) is 19.6. The Morgan fingerprint density at radius 3 is 1.80 bits per heavy atom. The van der Waals surface area contributed by atoms with Gasteiger partial charge in [0.1, 0.15) is 0 Å². The van der Waals surface area contributed by atoms with Crippen molar-refractivity contribution in [3.8, 4) is 0 Å². The quantitative estimate of drug-likeness (QED) is 0.506. The van der Waals surface area contributed by atoms with E-state index in [4.69, 9.17) is 0 Å². The third-order valence-electron chi connectivity index (χ3n) is 6.12. The minimum absolute atomic E-state index is 0.877. The lowest BCUT2D eigenvalue weighted by molar-refractivity contribution is -0.832. The Balaban J connectivity index is 2.17. The molecular formula is C26H36N4+2. The first-order valence-electron chi connectivity index (χ1n) is 10.8. The molecule has 0 spiro atoms. The monoisotopic (exact) mass is 404 g/mol. The van der Waals surface area contributed by atoms with Crippen molar-refractivity contribution in [1.29, 1.82) is 0 Å². The normalized spacial score (nSPS) is 14.7. The molecule has 30 heavy (non-hydrogen) atoms. The molecule has 0 saturated carbocycles. The highest BCUT2D eigenvalue weighted by Gasteiger charge is 2.27. The van der Waals surface area contributed by atoms with E-state index in [1.807, 2.05) is 0 Å². The van der Waals surface area contributed by atoms with Crippen LogP contribution in [0.4, 0.5) is 11.4 Å². The van der Waals surface area contributed by atoms with Crippen LogP contribution in [0, 0.1) is 6.92 Å². The van der Waals surface area contributed by atoms with Gasteiger partial charge < -0.3 is 9.80 Å². The second-order valence-electron chi connectivity index (χ2n) is 8.42. The minimum atomic E-state index is 0.877. The summed E-state index contributed by atoms with van der Waals surface area (Å²) in [6.07, 6.45) is 9.05. The number of benzene rings is 2. The van der Waals surface area contributed by atoms with Crippen LogP contribution in [0.1, 0.15) is 30.5 Å². The first kappa shape index (κ1) is 21.8. The molecule has 0 fully saturated rings. The van der Waals surface area contributed by atoms with Crippen molar-refractivity contribution in [1.82, 2.24) is 0 Å². The Morgan fingerprint density at radius 1 is 0.800 bits per heavy atom. The molecule has 0 radical (unpaired) electrons.